The van der Waals surface area contributed by atoms with E-state index in [0.717, 1.165) is 0 Å². The summed E-state index contributed by atoms with van der Waals surface area (Å²) >= 11 is 0. The molecule has 394 valence electrons. The van der Waals surface area contributed by atoms with Crippen molar-refractivity contribution in [3.63, 3.8) is 0 Å². The van der Waals surface area contributed by atoms with Gasteiger partial charge in [0.25, 0.3) is 0 Å². The van der Waals surface area contributed by atoms with Crippen LogP contribution in [0, 0.1) is 17.8 Å². The van der Waals surface area contributed by atoms with E-state index in [0.29, 0.717) is 5.56 Å². The van der Waals surface area contributed by atoms with Crippen LogP contribution in [-0.2, 0) is 59.2 Å². The van der Waals surface area contributed by atoms with Gasteiger partial charge in [0.05, 0.1) is 24.6 Å². The zero-order chi connectivity index (χ0) is 54.2. The van der Waals surface area contributed by atoms with Crippen LogP contribution >= 0.6 is 0 Å². The Labute approximate surface area is 400 Å². The van der Waals surface area contributed by atoms with Crippen molar-refractivity contribution in [1.82, 2.24) is 31.9 Å². The molecule has 9 atom stereocenters. The van der Waals surface area contributed by atoms with E-state index in [1.54, 1.807) is 58.0 Å². The summed E-state index contributed by atoms with van der Waals surface area (Å²) in [5, 5.41) is 60.9. The predicted molar refractivity (Wildman–Crippen MR) is 238 cm³/mol. The number of hydrogen-bond donors (Lipinski definition) is 13. The lowest BCUT2D eigenvalue weighted by Gasteiger charge is -2.30. The van der Waals surface area contributed by atoms with Gasteiger partial charge in [-0.25, -0.2) is 9.59 Å². The third-order valence-electron chi connectivity index (χ3n) is 10.0. The molecule has 0 heterocycles. The minimum atomic E-state index is -5.08. The average molecular weight is 1010 g/mol. The van der Waals surface area contributed by atoms with E-state index < -0.39 is 157 Å². The van der Waals surface area contributed by atoms with Crippen molar-refractivity contribution < 1.29 is 91.4 Å². The fourth-order valence-electron chi connectivity index (χ4n) is 6.19. The number of carbonyl (C=O) groups is 11. The largest absolute Gasteiger partial charge is 0.490 e. The van der Waals surface area contributed by atoms with Gasteiger partial charge in [-0.2, -0.15) is 13.2 Å². The van der Waals surface area contributed by atoms with Crippen molar-refractivity contribution >= 4 is 65.2 Å². The van der Waals surface area contributed by atoms with Crippen LogP contribution in [-0.4, -0.2) is 145 Å². The van der Waals surface area contributed by atoms with E-state index in [1.165, 1.54) is 13.8 Å². The Balaban J connectivity index is 0.00000628. The van der Waals surface area contributed by atoms with Crippen LogP contribution in [0.3, 0.4) is 0 Å². The van der Waals surface area contributed by atoms with Gasteiger partial charge in [-0.15, -0.1) is 0 Å². The molecule has 0 spiro atoms. The number of halogens is 3. The number of aliphatic hydroxyl groups is 1. The molecule has 70 heavy (non-hydrogen) atoms. The number of aliphatic carboxylic acids is 4. The number of nitrogens with one attached hydrogen (secondary N) is 6. The first kappa shape index (κ1) is 63.1. The number of alkyl halides is 3. The summed E-state index contributed by atoms with van der Waals surface area (Å²) in [6.07, 6.45) is -8.93. The summed E-state index contributed by atoms with van der Waals surface area (Å²) < 4.78 is 31.7. The Bertz CT molecular complexity index is 1970. The molecule has 0 radical (unpaired) electrons. The second-order valence-corrected chi connectivity index (χ2v) is 17.1. The molecule has 15 N–H and O–H groups in total. The minimum absolute atomic E-state index is 0.0978. The third-order valence-corrected chi connectivity index (χ3v) is 10.0. The summed E-state index contributed by atoms with van der Waals surface area (Å²) in [6.45, 7) is 9.47. The van der Waals surface area contributed by atoms with Crippen molar-refractivity contribution in [2.75, 3.05) is 0 Å². The first-order chi connectivity index (χ1) is 32.3. The van der Waals surface area contributed by atoms with Crippen LogP contribution in [0.4, 0.5) is 13.2 Å². The Hall–Kier alpha value is -6.90. The lowest BCUT2D eigenvalue weighted by Crippen LogP contribution is -2.59. The van der Waals surface area contributed by atoms with Gasteiger partial charge in [0.15, 0.2) is 0 Å². The molecule has 0 aliphatic heterocycles. The molecule has 0 saturated carbocycles. The van der Waals surface area contributed by atoms with Gasteiger partial charge in [-0.3, -0.25) is 43.2 Å². The van der Waals surface area contributed by atoms with Crippen molar-refractivity contribution in [2.45, 2.75) is 147 Å². The van der Waals surface area contributed by atoms with E-state index in [9.17, 15) is 76.4 Å². The molecule has 0 aliphatic carbocycles. The van der Waals surface area contributed by atoms with Crippen LogP contribution < -0.4 is 43.4 Å². The molecule has 27 heteroatoms. The molecule has 0 bridgehead atoms. The zero-order valence-electron chi connectivity index (χ0n) is 39.4. The van der Waals surface area contributed by atoms with E-state index in [2.05, 4.69) is 31.9 Å². The fourth-order valence-corrected chi connectivity index (χ4v) is 6.19. The highest BCUT2D eigenvalue weighted by molar-refractivity contribution is 5.96. The van der Waals surface area contributed by atoms with Crippen LogP contribution in [0.25, 0.3) is 0 Å². The zero-order valence-corrected chi connectivity index (χ0v) is 39.4. The van der Waals surface area contributed by atoms with Crippen molar-refractivity contribution in [2.24, 2.45) is 29.2 Å². The molecule has 7 amide bonds. The van der Waals surface area contributed by atoms with Gasteiger partial charge in [0.2, 0.25) is 41.4 Å². The van der Waals surface area contributed by atoms with Crippen LogP contribution in [0.2, 0.25) is 0 Å². The van der Waals surface area contributed by atoms with E-state index >= 15 is 0 Å². The minimum Gasteiger partial charge on any atom is -0.481 e. The molecule has 1 aromatic carbocycles. The number of hydrogen-bond acceptors (Lipinski definition) is 13. The number of carbonyl (C=O) groups excluding carboxylic acids is 7. The lowest BCUT2D eigenvalue weighted by molar-refractivity contribution is -0.192. The third kappa shape index (κ3) is 25.5. The number of nitrogens with two attached hydrogens (primary N) is 2. The van der Waals surface area contributed by atoms with Crippen LogP contribution in [0.1, 0.15) is 92.1 Å². The predicted octanol–water partition coefficient (Wildman–Crippen LogP) is -1.10. The Morgan fingerprint density at radius 1 is 0.614 bits per heavy atom. The summed E-state index contributed by atoms with van der Waals surface area (Å²) in [5.41, 5.74) is 11.8. The van der Waals surface area contributed by atoms with Gasteiger partial charge in [0.1, 0.15) is 30.2 Å². The highest BCUT2D eigenvalue weighted by Crippen LogP contribution is 2.17. The van der Waals surface area contributed by atoms with Crippen molar-refractivity contribution in [3.8, 4) is 0 Å². The number of amides is 7. The molecule has 0 saturated heterocycles. The van der Waals surface area contributed by atoms with Crippen molar-refractivity contribution in [3.05, 3.63) is 35.9 Å². The topological polar surface area (TPSA) is 413 Å². The molecular weight excluding hydrogens is 942 g/mol. The van der Waals surface area contributed by atoms with Gasteiger partial charge in [-0.05, 0) is 50.0 Å². The summed E-state index contributed by atoms with van der Waals surface area (Å²) in [5.74, 6) is -14.4. The van der Waals surface area contributed by atoms with Gasteiger partial charge < -0.3 is 68.9 Å². The fraction of sp³-hybridized carbons (Fsp3) is 0.605. The monoisotopic (exact) mass is 1010 g/mol. The SMILES string of the molecule is CC(C)C[C@H](NC(=O)[C@H](CC(N)=O)NC(=O)[C@@H](NC(=O)[C@@H](N)CCC(=O)O)C(C)C)[C@@H](O)C[C@@H](C)C(=O)N[C@@H](C)C(=O)N[C@@H](CCC(=O)O)C(=O)N[C@@H](Cc1ccccc1)C(=O)O.O=C(O)C(F)(F)F. The maximum Gasteiger partial charge on any atom is 0.490 e. The number of benzene rings is 1. The first-order valence-corrected chi connectivity index (χ1v) is 21.8. The van der Waals surface area contributed by atoms with Crippen LogP contribution in [0.15, 0.2) is 30.3 Å². The van der Waals surface area contributed by atoms with Crippen LogP contribution in [0.5, 0.6) is 0 Å². The number of aliphatic hydroxyl groups excluding tert-OH is 1. The molecule has 0 fully saturated rings. The highest BCUT2D eigenvalue weighted by atomic mass is 19.4. The standard InChI is InChI=1S/C41H64N8O14.C2HF3O2/c1-20(2)16-27(46-39(60)28(19-31(43)51)47-40(61)34(21(3)4)49-37(58)25(42)12-14-32(52)53)30(50)17-22(5)35(56)44-23(6)36(57)45-26(13-15-33(54)55)38(59)48-29(41(62)63)18-24-10-8-7-9-11-24;3-2(4,5)1(6)7/h7-11,20-23,25-30,34,50H,12-19,42H2,1-6H3,(H2,43,51)(H,44,56)(H,45,57)(H,46,60)(H,47,61)(H,48,59)(H,49,58)(H,52,53)(H,54,55)(H,62,63);(H,6,7)/t22-,23+,25+,26+,27+,28+,29+,30+,34+;/m1./s1. The van der Waals surface area contributed by atoms with Gasteiger partial charge >= 0.3 is 30.1 Å². The number of carboxylic acid groups (broad SMARTS) is 4. The van der Waals surface area contributed by atoms with E-state index in [-0.39, 0.29) is 31.6 Å². The van der Waals surface area contributed by atoms with E-state index in [4.69, 9.17) is 26.5 Å². The second-order valence-electron chi connectivity index (χ2n) is 17.1. The molecule has 1 rings (SSSR count). The normalized spacial score (nSPS) is 15.0. The van der Waals surface area contributed by atoms with E-state index in [1.807, 2.05) is 0 Å². The first-order valence-electron chi connectivity index (χ1n) is 21.8. The number of primary amides is 1. The molecule has 0 aliphatic rings. The summed E-state index contributed by atoms with van der Waals surface area (Å²) in [7, 11) is 0. The molecule has 0 aromatic heterocycles. The highest BCUT2D eigenvalue weighted by Gasteiger charge is 2.38. The second kappa shape index (κ2) is 30.6. The summed E-state index contributed by atoms with van der Waals surface area (Å²) in [4.78, 5) is 134. The maximum atomic E-state index is 13.6. The molecule has 0 unspecified atom stereocenters. The lowest BCUT2D eigenvalue weighted by atomic mass is 9.92. The average Bonchev–Trinajstić information content (AvgIpc) is 3.24. The number of carboxylic acids is 4. The Morgan fingerprint density at radius 3 is 1.59 bits per heavy atom. The number of rotatable bonds is 29. The maximum absolute atomic E-state index is 13.6. The Kier molecular flexibility index (Phi) is 27.5. The molecular formula is C43H65F3N8O16. The Morgan fingerprint density at radius 2 is 1.11 bits per heavy atom. The van der Waals surface area contributed by atoms with Crippen molar-refractivity contribution in [1.29, 1.82) is 0 Å². The van der Waals surface area contributed by atoms with Gasteiger partial charge in [-0.1, -0.05) is 65.0 Å². The molecule has 24 nitrogen and oxygen atoms in total. The quantitative estimate of drug-likeness (QED) is 0.0453. The molecule has 1 aromatic rings. The van der Waals surface area contributed by atoms with Gasteiger partial charge in [0, 0.05) is 25.2 Å². The smallest absolute Gasteiger partial charge is 0.481 e. The summed E-state index contributed by atoms with van der Waals surface area (Å²) in [6, 6.07) is -0.933.